The van der Waals surface area contributed by atoms with Crippen LogP contribution in [0.4, 0.5) is 0 Å². The molecule has 7 heteroatoms. The van der Waals surface area contributed by atoms with Gasteiger partial charge in [-0.25, -0.2) is 13.1 Å². The molecule has 1 aromatic carbocycles. The lowest BCUT2D eigenvalue weighted by Crippen LogP contribution is -2.49. The van der Waals surface area contributed by atoms with Crippen molar-refractivity contribution >= 4 is 21.8 Å². The van der Waals surface area contributed by atoms with Crippen molar-refractivity contribution in [3.63, 3.8) is 0 Å². The predicted molar refractivity (Wildman–Crippen MR) is 88.8 cm³/mol. The normalized spacial score (nSPS) is 19.2. The molecule has 2 amide bonds. The molecule has 130 valence electrons. The minimum Gasteiger partial charge on any atom is -0.345 e. The summed E-state index contributed by atoms with van der Waals surface area (Å²) in [7, 11) is -0.768. The van der Waals surface area contributed by atoms with E-state index in [1.807, 2.05) is 0 Å². The molecule has 0 aromatic heterocycles. The van der Waals surface area contributed by atoms with Crippen LogP contribution >= 0.6 is 0 Å². The number of hydrogen-bond acceptors (Lipinski definition) is 4. The summed E-state index contributed by atoms with van der Waals surface area (Å²) in [5.41, 5.74) is 0.580. The van der Waals surface area contributed by atoms with Crippen LogP contribution in [0.2, 0.25) is 0 Å². The molecule has 2 aliphatic rings. The molecule has 0 saturated heterocycles. The maximum absolute atomic E-state index is 12.4. The number of nitrogens with one attached hydrogen (secondary N) is 1. The highest BCUT2D eigenvalue weighted by Crippen LogP contribution is 2.58. The summed E-state index contributed by atoms with van der Waals surface area (Å²) in [6.07, 6.45) is 5.08. The molecule has 0 atom stereocenters. The Kier molecular flexibility index (Phi) is 4.15. The van der Waals surface area contributed by atoms with Crippen LogP contribution in [0.3, 0.4) is 0 Å². The van der Waals surface area contributed by atoms with Crippen LogP contribution in [0, 0.1) is 11.3 Å². The number of benzene rings is 1. The Morgan fingerprint density at radius 1 is 1.21 bits per heavy atom. The van der Waals surface area contributed by atoms with Crippen LogP contribution in [-0.2, 0) is 14.8 Å². The fourth-order valence-electron chi connectivity index (χ4n) is 3.59. The maximum Gasteiger partial charge on any atom is 0.264 e. The van der Waals surface area contributed by atoms with Gasteiger partial charge in [-0.05, 0) is 49.3 Å². The highest BCUT2D eigenvalue weighted by Gasteiger charge is 2.51. The second-order valence-electron chi connectivity index (χ2n) is 7.16. The molecule has 2 fully saturated rings. The van der Waals surface area contributed by atoms with Crippen molar-refractivity contribution in [1.82, 2.24) is 9.62 Å². The van der Waals surface area contributed by atoms with Gasteiger partial charge in [0.25, 0.3) is 15.9 Å². The topological polar surface area (TPSA) is 83.6 Å². The molecular formula is C17H22N2O4S. The van der Waals surface area contributed by atoms with Gasteiger partial charge >= 0.3 is 0 Å². The lowest BCUT2D eigenvalue weighted by Gasteiger charge is -2.53. The van der Waals surface area contributed by atoms with Gasteiger partial charge in [0, 0.05) is 25.6 Å². The first kappa shape index (κ1) is 17.0. The van der Waals surface area contributed by atoms with Crippen molar-refractivity contribution in [2.75, 3.05) is 14.1 Å². The van der Waals surface area contributed by atoms with E-state index in [2.05, 4.69) is 4.72 Å². The molecule has 0 aliphatic heterocycles. The maximum atomic E-state index is 12.4. The smallest absolute Gasteiger partial charge is 0.264 e. The van der Waals surface area contributed by atoms with E-state index in [1.165, 1.54) is 29.5 Å². The molecule has 1 spiro atoms. The number of amides is 2. The average molecular weight is 350 g/mol. The largest absolute Gasteiger partial charge is 0.345 e. The Morgan fingerprint density at radius 3 is 2.42 bits per heavy atom. The van der Waals surface area contributed by atoms with Gasteiger partial charge in [0.15, 0.2) is 0 Å². The zero-order chi connectivity index (χ0) is 17.5. The lowest BCUT2D eigenvalue weighted by atomic mass is 9.52. The Balaban J connectivity index is 1.70. The Morgan fingerprint density at radius 2 is 1.88 bits per heavy atom. The molecule has 2 saturated carbocycles. The number of sulfonamides is 1. The van der Waals surface area contributed by atoms with E-state index >= 15 is 0 Å². The quantitative estimate of drug-likeness (QED) is 0.897. The highest BCUT2D eigenvalue weighted by molar-refractivity contribution is 7.90. The van der Waals surface area contributed by atoms with Crippen LogP contribution in [0.15, 0.2) is 29.2 Å². The summed E-state index contributed by atoms with van der Waals surface area (Å²) in [5, 5.41) is 0. The summed E-state index contributed by atoms with van der Waals surface area (Å²) < 4.78 is 27.0. The second-order valence-corrected chi connectivity index (χ2v) is 8.84. The third-order valence-corrected chi connectivity index (χ3v) is 6.52. The zero-order valence-electron chi connectivity index (χ0n) is 13.9. The standard InChI is InChI=1S/C17H22N2O4S/c1-19(2)16(21)12-5-3-6-14(9-12)24(22,23)18-15(20)13-10-17(11-13)7-4-8-17/h3,5-6,9,13H,4,7-8,10-11H2,1-2H3,(H,18,20). The van der Waals surface area contributed by atoms with Crippen molar-refractivity contribution in [2.24, 2.45) is 11.3 Å². The molecule has 24 heavy (non-hydrogen) atoms. The SMILES string of the molecule is CN(C)C(=O)c1cccc(S(=O)(=O)NC(=O)C2CC3(CCC3)C2)c1. The third kappa shape index (κ3) is 3.05. The number of carbonyl (C=O) groups excluding carboxylic acids is 2. The first-order chi connectivity index (χ1) is 11.2. The van der Waals surface area contributed by atoms with Gasteiger partial charge in [-0.1, -0.05) is 12.5 Å². The molecule has 6 nitrogen and oxygen atoms in total. The minimum absolute atomic E-state index is 0.0683. The molecule has 0 unspecified atom stereocenters. The van der Waals surface area contributed by atoms with E-state index in [0.29, 0.717) is 5.41 Å². The Hall–Kier alpha value is -1.89. The minimum atomic E-state index is -3.96. The molecule has 3 rings (SSSR count). The number of nitrogens with zero attached hydrogens (tertiary/aromatic N) is 1. The van der Waals surface area contributed by atoms with Gasteiger partial charge in [-0.2, -0.15) is 0 Å². The van der Waals surface area contributed by atoms with Crippen LogP contribution in [-0.4, -0.2) is 39.2 Å². The lowest BCUT2D eigenvalue weighted by molar-refractivity contribution is -0.134. The number of carbonyl (C=O) groups is 2. The molecule has 0 radical (unpaired) electrons. The van der Waals surface area contributed by atoms with Crippen LogP contribution in [0.1, 0.15) is 42.5 Å². The fourth-order valence-corrected chi connectivity index (χ4v) is 4.67. The molecule has 0 heterocycles. The highest BCUT2D eigenvalue weighted by atomic mass is 32.2. The third-order valence-electron chi connectivity index (χ3n) is 5.18. The zero-order valence-corrected chi connectivity index (χ0v) is 14.7. The van der Waals surface area contributed by atoms with E-state index < -0.39 is 15.9 Å². The Labute approximate surface area is 142 Å². The molecular weight excluding hydrogens is 328 g/mol. The van der Waals surface area contributed by atoms with Gasteiger partial charge in [0.1, 0.15) is 0 Å². The fraction of sp³-hybridized carbons (Fsp3) is 0.529. The molecule has 1 N–H and O–H groups in total. The van der Waals surface area contributed by atoms with Crippen molar-refractivity contribution in [2.45, 2.75) is 37.0 Å². The molecule has 0 bridgehead atoms. The van der Waals surface area contributed by atoms with Crippen molar-refractivity contribution in [3.05, 3.63) is 29.8 Å². The van der Waals surface area contributed by atoms with E-state index in [-0.39, 0.29) is 22.3 Å². The van der Waals surface area contributed by atoms with Gasteiger partial charge < -0.3 is 4.90 Å². The van der Waals surface area contributed by atoms with Crippen LogP contribution < -0.4 is 4.72 Å². The van der Waals surface area contributed by atoms with E-state index in [0.717, 1.165) is 25.7 Å². The van der Waals surface area contributed by atoms with E-state index in [9.17, 15) is 18.0 Å². The average Bonchev–Trinajstić information content (AvgIpc) is 2.43. The van der Waals surface area contributed by atoms with Crippen molar-refractivity contribution < 1.29 is 18.0 Å². The first-order valence-electron chi connectivity index (χ1n) is 8.11. The number of rotatable bonds is 4. The summed E-state index contributed by atoms with van der Waals surface area (Å²) in [6, 6.07) is 5.74. The monoisotopic (exact) mass is 350 g/mol. The van der Waals surface area contributed by atoms with Gasteiger partial charge in [-0.15, -0.1) is 0 Å². The van der Waals surface area contributed by atoms with E-state index in [4.69, 9.17) is 0 Å². The summed E-state index contributed by atoms with van der Waals surface area (Å²) in [6.45, 7) is 0. The van der Waals surface area contributed by atoms with Crippen molar-refractivity contribution in [1.29, 1.82) is 0 Å². The summed E-state index contributed by atoms with van der Waals surface area (Å²) in [5.74, 6) is -0.937. The van der Waals surface area contributed by atoms with Crippen LogP contribution in [0.5, 0.6) is 0 Å². The van der Waals surface area contributed by atoms with Gasteiger partial charge in [-0.3, -0.25) is 9.59 Å². The van der Waals surface area contributed by atoms with Crippen molar-refractivity contribution in [3.8, 4) is 0 Å². The summed E-state index contributed by atoms with van der Waals surface area (Å²) in [4.78, 5) is 25.5. The predicted octanol–water partition coefficient (Wildman–Crippen LogP) is 1.77. The Bertz CT molecular complexity index is 774. The summed E-state index contributed by atoms with van der Waals surface area (Å²) >= 11 is 0. The molecule has 1 aromatic rings. The number of hydrogen-bond donors (Lipinski definition) is 1. The molecule has 2 aliphatic carbocycles. The first-order valence-corrected chi connectivity index (χ1v) is 9.59. The second kappa shape index (κ2) is 5.88. The van der Waals surface area contributed by atoms with Crippen LogP contribution in [0.25, 0.3) is 0 Å². The van der Waals surface area contributed by atoms with E-state index in [1.54, 1.807) is 20.2 Å². The van der Waals surface area contributed by atoms with Gasteiger partial charge in [0.05, 0.1) is 4.90 Å². The van der Waals surface area contributed by atoms with Gasteiger partial charge in [0.2, 0.25) is 5.91 Å².